The summed E-state index contributed by atoms with van der Waals surface area (Å²) in [6, 6.07) is 6.01. The molecule has 0 saturated heterocycles. The fourth-order valence-electron chi connectivity index (χ4n) is 1.64. The van der Waals surface area contributed by atoms with Crippen molar-refractivity contribution in [1.82, 2.24) is 4.98 Å². The first-order valence-electron chi connectivity index (χ1n) is 5.15. The Labute approximate surface area is 105 Å². The molecular weight excluding hydrogens is 261 g/mol. The molecule has 1 aromatic carbocycles. The van der Waals surface area contributed by atoms with Crippen LogP contribution in [0.1, 0.15) is 5.56 Å². The average Bonchev–Trinajstić information content (AvgIpc) is 2.38. The predicted molar refractivity (Wildman–Crippen MR) is 61.3 cm³/mol. The van der Waals surface area contributed by atoms with Crippen LogP contribution in [0.25, 0.3) is 11.1 Å². The van der Waals surface area contributed by atoms with E-state index in [1.165, 1.54) is 18.5 Å². The maximum Gasteiger partial charge on any atom is 0.422 e. The summed E-state index contributed by atoms with van der Waals surface area (Å²) in [4.78, 5) is 13.5. The number of pyridine rings is 1. The summed E-state index contributed by atoms with van der Waals surface area (Å²) < 4.78 is 37.9. The molecule has 0 radical (unpaired) electrons. The minimum Gasteiger partial charge on any atom is -0.264 e. The molecule has 0 aliphatic carbocycles. The maximum atomic E-state index is 12.6. The normalized spacial score (nSPS) is 11.3. The van der Waals surface area contributed by atoms with E-state index in [0.29, 0.717) is 17.2 Å². The largest absolute Gasteiger partial charge is 0.422 e. The minimum absolute atomic E-state index is 0.313. The number of nitrogens with zero attached hydrogens (tertiary/aromatic N) is 2. The fraction of sp³-hybridized carbons (Fsp3) is 0.0833. The molecule has 0 aliphatic heterocycles. The second kappa shape index (κ2) is 4.68. The van der Waals surface area contributed by atoms with Gasteiger partial charge >= 0.3 is 6.18 Å². The van der Waals surface area contributed by atoms with E-state index in [9.17, 15) is 23.3 Å². The third-order valence-electron chi connectivity index (χ3n) is 2.49. The third-order valence-corrected chi connectivity index (χ3v) is 2.49. The van der Waals surface area contributed by atoms with E-state index in [1.807, 2.05) is 0 Å². The van der Waals surface area contributed by atoms with Gasteiger partial charge in [0.1, 0.15) is 5.56 Å². The van der Waals surface area contributed by atoms with Crippen molar-refractivity contribution in [3.8, 4) is 11.1 Å². The monoisotopic (exact) mass is 268 g/mol. The first-order valence-corrected chi connectivity index (χ1v) is 5.15. The van der Waals surface area contributed by atoms with Crippen LogP contribution < -0.4 is 0 Å². The molecule has 0 N–H and O–H groups in total. The number of nitro benzene ring substituents is 1. The lowest BCUT2D eigenvalue weighted by atomic mass is 10.0. The van der Waals surface area contributed by atoms with Gasteiger partial charge in [-0.05, 0) is 17.7 Å². The molecule has 98 valence electrons. The molecule has 4 nitrogen and oxygen atoms in total. The standard InChI is InChI=1S/C12H7F3N2O2/c13-12(14,15)10-4-3-8(6-11(10)17(18)19)9-2-1-5-16-7-9/h1-7H. The van der Waals surface area contributed by atoms with E-state index in [0.717, 1.165) is 6.07 Å². The third kappa shape index (κ3) is 2.70. The van der Waals surface area contributed by atoms with Crippen LogP contribution >= 0.6 is 0 Å². The van der Waals surface area contributed by atoms with Gasteiger partial charge < -0.3 is 0 Å². The molecule has 0 amide bonds. The maximum absolute atomic E-state index is 12.6. The first-order chi connectivity index (χ1) is 8.89. The number of nitro groups is 1. The molecule has 0 unspecified atom stereocenters. The van der Waals surface area contributed by atoms with Crippen LogP contribution in [0, 0.1) is 10.1 Å². The lowest BCUT2D eigenvalue weighted by Gasteiger charge is -2.08. The lowest BCUT2D eigenvalue weighted by Crippen LogP contribution is -2.08. The van der Waals surface area contributed by atoms with Gasteiger partial charge in [-0.1, -0.05) is 12.1 Å². The first kappa shape index (κ1) is 13.0. The second-order valence-electron chi connectivity index (χ2n) is 3.73. The Balaban J connectivity index is 2.58. The molecule has 2 aromatic rings. The van der Waals surface area contributed by atoms with E-state index < -0.39 is 22.4 Å². The molecule has 0 atom stereocenters. The van der Waals surface area contributed by atoms with E-state index in [4.69, 9.17) is 0 Å². The SMILES string of the molecule is O=[N+]([O-])c1cc(-c2cccnc2)ccc1C(F)(F)F. The molecule has 1 aromatic heterocycles. The van der Waals surface area contributed by atoms with Crippen LogP contribution in [-0.4, -0.2) is 9.91 Å². The quantitative estimate of drug-likeness (QED) is 0.616. The van der Waals surface area contributed by atoms with E-state index in [1.54, 1.807) is 12.1 Å². The summed E-state index contributed by atoms with van der Waals surface area (Å²) in [5.74, 6) is 0. The van der Waals surface area contributed by atoms with Gasteiger partial charge in [-0.15, -0.1) is 0 Å². The van der Waals surface area contributed by atoms with Gasteiger partial charge in [-0.3, -0.25) is 15.1 Å². The van der Waals surface area contributed by atoms with Crippen molar-refractivity contribution >= 4 is 5.69 Å². The summed E-state index contributed by atoms with van der Waals surface area (Å²) in [6.45, 7) is 0. The van der Waals surface area contributed by atoms with Crippen molar-refractivity contribution in [3.63, 3.8) is 0 Å². The average molecular weight is 268 g/mol. The second-order valence-corrected chi connectivity index (χ2v) is 3.73. The molecule has 7 heteroatoms. The number of benzene rings is 1. The van der Waals surface area contributed by atoms with Crippen molar-refractivity contribution in [1.29, 1.82) is 0 Å². The van der Waals surface area contributed by atoms with E-state index in [2.05, 4.69) is 4.98 Å². The minimum atomic E-state index is -4.75. The molecule has 2 rings (SSSR count). The number of hydrogen-bond donors (Lipinski definition) is 0. The summed E-state index contributed by atoms with van der Waals surface area (Å²) in [5.41, 5.74) is -1.40. The van der Waals surface area contributed by atoms with Crippen molar-refractivity contribution in [2.45, 2.75) is 6.18 Å². The highest BCUT2D eigenvalue weighted by atomic mass is 19.4. The number of rotatable bonds is 2. The predicted octanol–water partition coefficient (Wildman–Crippen LogP) is 3.68. The molecule has 19 heavy (non-hydrogen) atoms. The Morgan fingerprint density at radius 1 is 1.16 bits per heavy atom. The topological polar surface area (TPSA) is 56.0 Å². The summed E-state index contributed by atoms with van der Waals surface area (Å²) in [5, 5.41) is 10.7. The number of halogens is 3. The van der Waals surface area contributed by atoms with Gasteiger partial charge in [-0.2, -0.15) is 13.2 Å². The lowest BCUT2D eigenvalue weighted by molar-refractivity contribution is -0.388. The van der Waals surface area contributed by atoms with Crippen LogP contribution in [0.4, 0.5) is 18.9 Å². The molecule has 0 aliphatic rings. The van der Waals surface area contributed by atoms with Gasteiger partial charge in [0, 0.05) is 24.0 Å². The van der Waals surface area contributed by atoms with Crippen molar-refractivity contribution < 1.29 is 18.1 Å². The molecule has 0 bridgehead atoms. The zero-order valence-electron chi connectivity index (χ0n) is 9.39. The van der Waals surface area contributed by atoms with Crippen molar-refractivity contribution in [2.75, 3.05) is 0 Å². The highest BCUT2D eigenvalue weighted by Crippen LogP contribution is 2.38. The Morgan fingerprint density at radius 3 is 2.42 bits per heavy atom. The summed E-state index contributed by atoms with van der Waals surface area (Å²) in [7, 11) is 0. The molecule has 1 heterocycles. The zero-order valence-corrected chi connectivity index (χ0v) is 9.39. The Kier molecular flexibility index (Phi) is 3.20. The van der Waals surface area contributed by atoms with E-state index in [-0.39, 0.29) is 0 Å². The van der Waals surface area contributed by atoms with Gasteiger partial charge in [0.15, 0.2) is 0 Å². The van der Waals surface area contributed by atoms with Crippen LogP contribution in [0.15, 0.2) is 42.7 Å². The van der Waals surface area contributed by atoms with Gasteiger partial charge in [0.25, 0.3) is 5.69 Å². The molecule has 0 spiro atoms. The molecule has 0 fully saturated rings. The highest BCUT2D eigenvalue weighted by molar-refractivity contribution is 5.67. The van der Waals surface area contributed by atoms with Gasteiger partial charge in [-0.25, -0.2) is 0 Å². The van der Waals surface area contributed by atoms with Crippen LogP contribution in [-0.2, 0) is 6.18 Å². The number of aromatic nitrogens is 1. The van der Waals surface area contributed by atoms with Crippen LogP contribution in [0.3, 0.4) is 0 Å². The fourth-order valence-corrected chi connectivity index (χ4v) is 1.64. The van der Waals surface area contributed by atoms with Crippen molar-refractivity contribution in [3.05, 3.63) is 58.4 Å². The van der Waals surface area contributed by atoms with Crippen LogP contribution in [0.5, 0.6) is 0 Å². The summed E-state index contributed by atoms with van der Waals surface area (Å²) >= 11 is 0. The van der Waals surface area contributed by atoms with Gasteiger partial charge in [0.2, 0.25) is 0 Å². The Bertz CT molecular complexity index is 612. The number of alkyl halides is 3. The smallest absolute Gasteiger partial charge is 0.264 e. The zero-order chi connectivity index (χ0) is 14.0. The van der Waals surface area contributed by atoms with Gasteiger partial charge in [0.05, 0.1) is 4.92 Å². The molecule has 0 saturated carbocycles. The van der Waals surface area contributed by atoms with Crippen LogP contribution in [0.2, 0.25) is 0 Å². The Morgan fingerprint density at radius 2 is 1.89 bits per heavy atom. The van der Waals surface area contributed by atoms with Crippen molar-refractivity contribution in [2.24, 2.45) is 0 Å². The van der Waals surface area contributed by atoms with E-state index >= 15 is 0 Å². The number of hydrogen-bond acceptors (Lipinski definition) is 3. The molecular formula is C12H7F3N2O2. The summed E-state index contributed by atoms with van der Waals surface area (Å²) in [6.07, 6.45) is -1.83. The Hall–Kier alpha value is -2.44. The highest BCUT2D eigenvalue weighted by Gasteiger charge is 2.38.